The van der Waals surface area contributed by atoms with E-state index >= 15 is 0 Å². The Hall–Kier alpha value is -2.30. The molecule has 2 aromatic carbocycles. The van der Waals surface area contributed by atoms with Crippen molar-refractivity contribution in [3.8, 4) is 17.0 Å². The number of phenols is 1. The van der Waals surface area contributed by atoms with Crippen LogP contribution in [0.2, 0.25) is 5.02 Å². The zero-order chi connectivity index (χ0) is 16.7. The minimum atomic E-state index is 0.270. The van der Waals surface area contributed by atoms with Crippen LogP contribution in [0.1, 0.15) is 16.8 Å². The molecule has 0 saturated heterocycles. The van der Waals surface area contributed by atoms with Gasteiger partial charge in [-0.1, -0.05) is 41.9 Å². The van der Waals surface area contributed by atoms with Gasteiger partial charge in [-0.25, -0.2) is 0 Å². The van der Waals surface area contributed by atoms with Crippen LogP contribution in [0.5, 0.6) is 5.75 Å². The summed E-state index contributed by atoms with van der Waals surface area (Å²) < 4.78 is 2.01. The van der Waals surface area contributed by atoms with Gasteiger partial charge in [-0.3, -0.25) is 9.58 Å². The molecule has 1 aliphatic rings. The largest absolute Gasteiger partial charge is 0.508 e. The maximum Gasteiger partial charge on any atom is 0.115 e. The van der Waals surface area contributed by atoms with E-state index in [9.17, 15) is 5.11 Å². The summed E-state index contributed by atoms with van der Waals surface area (Å²) in [6.45, 7) is 2.32. The van der Waals surface area contributed by atoms with Crippen LogP contribution in [-0.4, -0.2) is 26.8 Å². The van der Waals surface area contributed by atoms with Gasteiger partial charge in [-0.05, 0) is 30.8 Å². The summed E-state index contributed by atoms with van der Waals surface area (Å²) in [5, 5.41) is 15.3. The van der Waals surface area contributed by atoms with Crippen LogP contribution in [0.15, 0.2) is 48.5 Å². The number of benzene rings is 2. The molecule has 2 heterocycles. The Morgan fingerprint density at radius 2 is 1.96 bits per heavy atom. The molecule has 0 spiro atoms. The third kappa shape index (κ3) is 2.68. The van der Waals surface area contributed by atoms with E-state index in [0.717, 1.165) is 40.6 Å². The highest BCUT2D eigenvalue weighted by Gasteiger charge is 2.27. The first-order valence-electron chi connectivity index (χ1n) is 7.92. The lowest BCUT2D eigenvalue weighted by Crippen LogP contribution is -2.12. The van der Waals surface area contributed by atoms with Crippen LogP contribution in [0.4, 0.5) is 0 Å². The Bertz CT molecular complexity index is 903. The molecule has 0 radical (unpaired) electrons. The molecule has 0 amide bonds. The van der Waals surface area contributed by atoms with Gasteiger partial charge in [-0.2, -0.15) is 5.10 Å². The number of aromatic nitrogens is 2. The molecular formula is C19H18ClN3O. The molecule has 0 bridgehead atoms. The smallest absolute Gasteiger partial charge is 0.115 e. The zero-order valence-corrected chi connectivity index (χ0v) is 14.2. The first kappa shape index (κ1) is 15.2. The molecule has 3 aromatic rings. The summed E-state index contributed by atoms with van der Waals surface area (Å²) in [6, 6.07) is 15.2. The third-order valence-corrected chi connectivity index (χ3v) is 4.68. The first-order chi connectivity index (χ1) is 11.6. The number of phenolic OH excluding ortho intramolecular Hbond substituents is 1. The quantitative estimate of drug-likeness (QED) is 0.786. The molecule has 4 nitrogen and oxygen atoms in total. The third-order valence-electron chi connectivity index (χ3n) is 4.35. The molecule has 0 atom stereocenters. The van der Waals surface area contributed by atoms with Crippen molar-refractivity contribution in [3.63, 3.8) is 0 Å². The number of nitrogens with zero attached hydrogens (tertiary/aromatic N) is 3. The van der Waals surface area contributed by atoms with E-state index in [-0.39, 0.29) is 5.75 Å². The van der Waals surface area contributed by atoms with Crippen molar-refractivity contribution in [2.75, 3.05) is 7.05 Å². The zero-order valence-electron chi connectivity index (χ0n) is 13.4. The lowest BCUT2D eigenvalue weighted by Gasteiger charge is -2.13. The van der Waals surface area contributed by atoms with E-state index in [1.54, 1.807) is 12.1 Å². The normalized spacial score (nSPS) is 14.1. The van der Waals surface area contributed by atoms with E-state index in [4.69, 9.17) is 16.7 Å². The molecule has 1 N–H and O–H groups in total. The van der Waals surface area contributed by atoms with Gasteiger partial charge in [0.2, 0.25) is 0 Å². The van der Waals surface area contributed by atoms with Gasteiger partial charge in [0, 0.05) is 29.2 Å². The lowest BCUT2D eigenvalue weighted by atomic mass is 10.1. The summed E-state index contributed by atoms with van der Waals surface area (Å²) in [5.74, 6) is 0.270. The summed E-state index contributed by atoms with van der Waals surface area (Å²) in [4.78, 5) is 2.25. The molecular weight excluding hydrogens is 322 g/mol. The fourth-order valence-electron chi connectivity index (χ4n) is 3.32. The highest BCUT2D eigenvalue weighted by atomic mass is 35.5. The number of hydrogen-bond acceptors (Lipinski definition) is 3. The predicted octanol–water partition coefficient (Wildman–Crippen LogP) is 3.90. The van der Waals surface area contributed by atoms with Crippen LogP contribution in [0.3, 0.4) is 0 Å². The second-order valence-corrected chi connectivity index (χ2v) is 6.66. The Morgan fingerprint density at radius 3 is 2.75 bits per heavy atom. The number of rotatable bonds is 3. The van der Waals surface area contributed by atoms with Crippen LogP contribution in [0, 0.1) is 0 Å². The van der Waals surface area contributed by atoms with Crippen molar-refractivity contribution in [1.82, 2.24) is 14.7 Å². The van der Waals surface area contributed by atoms with Gasteiger partial charge >= 0.3 is 0 Å². The molecule has 4 rings (SSSR count). The average Bonchev–Trinajstić information content (AvgIpc) is 3.04. The molecule has 0 fully saturated rings. The van der Waals surface area contributed by atoms with E-state index < -0.39 is 0 Å². The Balaban J connectivity index is 1.83. The number of fused-ring (bicyclic) bond motifs is 1. The molecule has 0 saturated carbocycles. The van der Waals surface area contributed by atoms with Crippen LogP contribution in [0.25, 0.3) is 11.3 Å². The Labute approximate surface area is 145 Å². The van der Waals surface area contributed by atoms with Crippen molar-refractivity contribution in [2.45, 2.75) is 19.6 Å². The van der Waals surface area contributed by atoms with Gasteiger partial charge < -0.3 is 5.11 Å². The van der Waals surface area contributed by atoms with Gasteiger partial charge in [0.15, 0.2) is 0 Å². The van der Waals surface area contributed by atoms with Crippen LogP contribution < -0.4 is 0 Å². The molecule has 1 aliphatic heterocycles. The van der Waals surface area contributed by atoms with E-state index in [2.05, 4.69) is 11.9 Å². The molecule has 24 heavy (non-hydrogen) atoms. The highest BCUT2D eigenvalue weighted by Crippen LogP contribution is 2.36. The number of halogens is 1. The predicted molar refractivity (Wildman–Crippen MR) is 95.1 cm³/mol. The van der Waals surface area contributed by atoms with Gasteiger partial charge in [0.1, 0.15) is 5.75 Å². The summed E-state index contributed by atoms with van der Waals surface area (Å²) in [7, 11) is 2.09. The molecule has 0 aliphatic carbocycles. The minimum Gasteiger partial charge on any atom is -0.508 e. The van der Waals surface area contributed by atoms with E-state index in [1.165, 1.54) is 5.56 Å². The average molecular weight is 340 g/mol. The fourth-order valence-corrected chi connectivity index (χ4v) is 3.55. The van der Waals surface area contributed by atoms with E-state index in [1.807, 2.05) is 41.1 Å². The molecule has 1 aromatic heterocycles. The van der Waals surface area contributed by atoms with Gasteiger partial charge in [0.05, 0.1) is 17.9 Å². The van der Waals surface area contributed by atoms with Gasteiger partial charge in [-0.15, -0.1) is 0 Å². The fraction of sp³-hybridized carbons (Fsp3) is 0.211. The summed E-state index contributed by atoms with van der Waals surface area (Å²) in [6.07, 6.45) is 0. The van der Waals surface area contributed by atoms with Crippen LogP contribution >= 0.6 is 11.6 Å². The highest BCUT2D eigenvalue weighted by molar-refractivity contribution is 6.33. The van der Waals surface area contributed by atoms with Crippen molar-refractivity contribution < 1.29 is 5.11 Å². The molecule has 5 heteroatoms. The van der Waals surface area contributed by atoms with E-state index in [0.29, 0.717) is 6.54 Å². The van der Waals surface area contributed by atoms with Crippen molar-refractivity contribution >= 4 is 11.6 Å². The molecule has 122 valence electrons. The van der Waals surface area contributed by atoms with Crippen molar-refractivity contribution in [1.29, 1.82) is 0 Å². The molecule has 0 unspecified atom stereocenters. The lowest BCUT2D eigenvalue weighted by molar-refractivity contribution is 0.346. The Morgan fingerprint density at radius 1 is 1.12 bits per heavy atom. The Kier molecular flexibility index (Phi) is 3.79. The topological polar surface area (TPSA) is 41.3 Å². The second-order valence-electron chi connectivity index (χ2n) is 6.25. The monoisotopic (exact) mass is 339 g/mol. The van der Waals surface area contributed by atoms with Crippen molar-refractivity contribution in [2.24, 2.45) is 0 Å². The second kappa shape index (κ2) is 5.96. The summed E-state index contributed by atoms with van der Waals surface area (Å²) >= 11 is 6.46. The minimum absolute atomic E-state index is 0.270. The maximum absolute atomic E-state index is 9.72. The van der Waals surface area contributed by atoms with Crippen LogP contribution in [-0.2, 0) is 19.6 Å². The standard InChI is InChI=1S/C19H18ClN3O/c1-22-11-16-18(12-22)21-23(10-13-5-4-6-14(24)9-13)19(16)15-7-2-3-8-17(15)20/h2-9,24H,10-12H2,1H3. The van der Waals surface area contributed by atoms with Gasteiger partial charge in [0.25, 0.3) is 0 Å². The SMILES string of the molecule is CN1Cc2nn(Cc3cccc(O)c3)c(-c3ccccc3Cl)c2C1. The number of hydrogen-bond donors (Lipinski definition) is 1. The first-order valence-corrected chi connectivity index (χ1v) is 8.29. The maximum atomic E-state index is 9.72. The van der Waals surface area contributed by atoms with Crippen molar-refractivity contribution in [3.05, 3.63) is 70.4 Å². The number of aromatic hydroxyl groups is 1. The summed E-state index contributed by atoms with van der Waals surface area (Å²) in [5.41, 5.74) is 5.43.